The van der Waals surface area contributed by atoms with Crippen molar-refractivity contribution in [2.45, 2.75) is 26.0 Å². The Hall–Kier alpha value is -0.590. The molecule has 2 atom stereocenters. The van der Waals surface area contributed by atoms with Gasteiger partial charge in [-0.15, -0.1) is 11.3 Å². The average molecular weight is 373 g/mol. The van der Waals surface area contributed by atoms with Crippen molar-refractivity contribution in [1.29, 1.82) is 0 Å². The summed E-state index contributed by atoms with van der Waals surface area (Å²) in [4.78, 5) is 2.46. The van der Waals surface area contributed by atoms with Crippen molar-refractivity contribution in [2.75, 3.05) is 0 Å². The van der Waals surface area contributed by atoms with Gasteiger partial charge >= 0.3 is 0 Å². The molecule has 2 nitrogen and oxygen atoms in total. The molecule has 1 aromatic carbocycles. The normalized spacial score (nSPS) is 14.2. The molecule has 0 aliphatic heterocycles. The van der Waals surface area contributed by atoms with E-state index in [1.807, 2.05) is 31.2 Å². The minimum Gasteiger partial charge on any atom is -0.483 e. The molecule has 2 aromatic rings. The molecule has 1 heterocycles. The first-order chi connectivity index (χ1) is 8.56. The van der Waals surface area contributed by atoms with Gasteiger partial charge in [-0.25, -0.2) is 0 Å². The molecule has 0 amide bonds. The van der Waals surface area contributed by atoms with Crippen LogP contribution in [0.5, 0.6) is 5.75 Å². The molecular formula is C14H16INOS. The van der Waals surface area contributed by atoms with Gasteiger partial charge in [-0.05, 0) is 66.8 Å². The maximum atomic E-state index is 6.04. The Morgan fingerprint density at radius 3 is 2.61 bits per heavy atom. The summed E-state index contributed by atoms with van der Waals surface area (Å²) in [6.45, 7) is 4.07. The van der Waals surface area contributed by atoms with Crippen LogP contribution >= 0.6 is 33.9 Å². The number of aryl methyl sites for hydroxylation is 1. The molecule has 0 saturated heterocycles. The van der Waals surface area contributed by atoms with Crippen molar-refractivity contribution >= 4 is 33.9 Å². The monoisotopic (exact) mass is 373 g/mol. The summed E-state index contributed by atoms with van der Waals surface area (Å²) in [6.07, 6.45) is -0.0816. The summed E-state index contributed by atoms with van der Waals surface area (Å²) >= 11 is 4.02. The van der Waals surface area contributed by atoms with Crippen molar-refractivity contribution < 1.29 is 4.74 Å². The fourth-order valence-electron chi connectivity index (χ4n) is 1.72. The van der Waals surface area contributed by atoms with Crippen LogP contribution in [0.15, 0.2) is 36.4 Å². The van der Waals surface area contributed by atoms with E-state index < -0.39 is 0 Å². The second kappa shape index (κ2) is 6.04. The van der Waals surface area contributed by atoms with E-state index >= 15 is 0 Å². The lowest BCUT2D eigenvalue weighted by molar-refractivity contribution is 0.184. The van der Waals surface area contributed by atoms with Crippen LogP contribution in [0.1, 0.15) is 22.8 Å². The molecular weight excluding hydrogens is 357 g/mol. The molecule has 96 valence electrons. The maximum Gasteiger partial charge on any atom is 0.148 e. The topological polar surface area (TPSA) is 35.2 Å². The summed E-state index contributed by atoms with van der Waals surface area (Å²) in [5, 5.41) is 0. The van der Waals surface area contributed by atoms with Crippen LogP contribution < -0.4 is 10.5 Å². The first-order valence-corrected chi connectivity index (χ1v) is 7.70. The Morgan fingerprint density at radius 2 is 2.06 bits per heavy atom. The summed E-state index contributed by atoms with van der Waals surface area (Å²) in [6, 6.07) is 12.2. The Morgan fingerprint density at radius 1 is 1.28 bits per heavy atom. The van der Waals surface area contributed by atoms with E-state index in [2.05, 4.69) is 41.6 Å². The van der Waals surface area contributed by atoms with Crippen LogP contribution in [-0.4, -0.2) is 6.04 Å². The summed E-state index contributed by atoms with van der Waals surface area (Å²) in [5.74, 6) is 0.871. The highest BCUT2D eigenvalue weighted by atomic mass is 127. The van der Waals surface area contributed by atoms with Gasteiger partial charge < -0.3 is 10.5 Å². The first kappa shape index (κ1) is 13.8. The molecule has 2 N–H and O–H groups in total. The van der Waals surface area contributed by atoms with Crippen LogP contribution in [0.2, 0.25) is 0 Å². The number of thiophene rings is 1. The van der Waals surface area contributed by atoms with Crippen molar-refractivity contribution in [3.63, 3.8) is 0 Å². The van der Waals surface area contributed by atoms with Gasteiger partial charge in [0, 0.05) is 19.4 Å². The largest absolute Gasteiger partial charge is 0.483 e. The van der Waals surface area contributed by atoms with Crippen LogP contribution in [-0.2, 0) is 0 Å². The summed E-state index contributed by atoms with van der Waals surface area (Å²) in [5.41, 5.74) is 6.04. The van der Waals surface area contributed by atoms with Crippen LogP contribution in [0.25, 0.3) is 0 Å². The van der Waals surface area contributed by atoms with E-state index in [1.165, 1.54) is 9.75 Å². The minimum atomic E-state index is -0.0816. The predicted octanol–water partition coefficient (Wildman–Crippen LogP) is 4.13. The second-order valence-electron chi connectivity index (χ2n) is 4.30. The van der Waals surface area contributed by atoms with Crippen molar-refractivity contribution in [1.82, 2.24) is 0 Å². The number of halogens is 1. The quantitative estimate of drug-likeness (QED) is 0.818. The van der Waals surface area contributed by atoms with E-state index in [9.17, 15) is 0 Å². The third kappa shape index (κ3) is 3.46. The van der Waals surface area contributed by atoms with E-state index in [-0.39, 0.29) is 12.1 Å². The molecule has 18 heavy (non-hydrogen) atoms. The van der Waals surface area contributed by atoms with Crippen LogP contribution in [0, 0.1) is 10.5 Å². The van der Waals surface area contributed by atoms with E-state index in [0.717, 1.165) is 9.32 Å². The zero-order chi connectivity index (χ0) is 13.1. The predicted molar refractivity (Wildman–Crippen MR) is 85.2 cm³/mol. The smallest absolute Gasteiger partial charge is 0.148 e. The van der Waals surface area contributed by atoms with E-state index in [0.29, 0.717) is 0 Å². The van der Waals surface area contributed by atoms with Gasteiger partial charge in [0.05, 0.1) is 0 Å². The van der Waals surface area contributed by atoms with Gasteiger partial charge in [0.1, 0.15) is 11.9 Å². The number of hydrogen-bond acceptors (Lipinski definition) is 3. The molecule has 2 unspecified atom stereocenters. The zero-order valence-corrected chi connectivity index (χ0v) is 13.4. The minimum absolute atomic E-state index is 0.0408. The first-order valence-electron chi connectivity index (χ1n) is 5.80. The highest BCUT2D eigenvalue weighted by Gasteiger charge is 2.19. The molecule has 2 rings (SSSR count). The van der Waals surface area contributed by atoms with Gasteiger partial charge in [0.25, 0.3) is 0 Å². The average Bonchev–Trinajstić information content (AvgIpc) is 2.72. The van der Waals surface area contributed by atoms with Crippen LogP contribution in [0.4, 0.5) is 0 Å². The molecule has 0 saturated carbocycles. The number of hydrogen-bond donors (Lipinski definition) is 1. The molecule has 0 aliphatic carbocycles. The standard InChI is InChI=1S/C14H16INOS/c1-9-6-7-13(18-9)14(10(2)16)17-12-5-3-4-11(15)8-12/h3-8,10,14H,16H2,1-2H3. The lowest BCUT2D eigenvalue weighted by atomic mass is 10.1. The van der Waals surface area contributed by atoms with E-state index in [1.54, 1.807) is 11.3 Å². The molecule has 0 radical (unpaired) electrons. The SMILES string of the molecule is Cc1ccc(C(Oc2cccc(I)c2)C(C)N)s1. The van der Waals surface area contributed by atoms with Gasteiger partial charge in [0.2, 0.25) is 0 Å². The fraction of sp³-hybridized carbons (Fsp3) is 0.286. The molecule has 0 spiro atoms. The number of benzene rings is 1. The van der Waals surface area contributed by atoms with Gasteiger partial charge in [-0.3, -0.25) is 0 Å². The highest BCUT2D eigenvalue weighted by Crippen LogP contribution is 2.29. The Labute approximate surface area is 125 Å². The Kier molecular flexibility index (Phi) is 4.64. The molecule has 1 aromatic heterocycles. The maximum absolute atomic E-state index is 6.04. The van der Waals surface area contributed by atoms with Crippen molar-refractivity contribution in [2.24, 2.45) is 5.73 Å². The lowest BCUT2D eigenvalue weighted by Gasteiger charge is -2.21. The third-order valence-corrected chi connectivity index (χ3v) is 4.31. The number of nitrogens with two attached hydrogens (primary N) is 1. The molecule has 0 bridgehead atoms. The van der Waals surface area contributed by atoms with E-state index in [4.69, 9.17) is 10.5 Å². The van der Waals surface area contributed by atoms with Gasteiger partial charge in [-0.2, -0.15) is 0 Å². The highest BCUT2D eigenvalue weighted by molar-refractivity contribution is 14.1. The van der Waals surface area contributed by atoms with Gasteiger partial charge in [-0.1, -0.05) is 6.07 Å². The van der Waals surface area contributed by atoms with Gasteiger partial charge in [0.15, 0.2) is 0 Å². The van der Waals surface area contributed by atoms with Crippen LogP contribution in [0.3, 0.4) is 0 Å². The lowest BCUT2D eigenvalue weighted by Crippen LogP contribution is -2.28. The number of ether oxygens (including phenoxy) is 1. The second-order valence-corrected chi connectivity index (χ2v) is 6.87. The van der Waals surface area contributed by atoms with Crippen molar-refractivity contribution in [3.8, 4) is 5.75 Å². The number of rotatable bonds is 4. The third-order valence-electron chi connectivity index (χ3n) is 2.58. The Bertz CT molecular complexity index is 524. The van der Waals surface area contributed by atoms with Crippen molar-refractivity contribution in [3.05, 3.63) is 49.7 Å². The zero-order valence-electron chi connectivity index (χ0n) is 10.4. The summed E-state index contributed by atoms with van der Waals surface area (Å²) < 4.78 is 7.20. The fourth-order valence-corrected chi connectivity index (χ4v) is 3.26. The Balaban J connectivity index is 2.22. The molecule has 0 fully saturated rings. The molecule has 4 heteroatoms. The summed E-state index contributed by atoms with van der Waals surface area (Å²) in [7, 11) is 0. The molecule has 0 aliphatic rings.